The van der Waals surface area contributed by atoms with Crippen LogP contribution < -0.4 is 0 Å². The number of carbonyl (C=O) groups is 1. The van der Waals surface area contributed by atoms with E-state index in [0.717, 1.165) is 43.9 Å². The van der Waals surface area contributed by atoms with E-state index in [4.69, 9.17) is 0 Å². The van der Waals surface area contributed by atoms with E-state index in [1.165, 1.54) is 12.1 Å². The average molecular weight is 384 g/mol. The van der Waals surface area contributed by atoms with Crippen LogP contribution in [0.4, 0.5) is 4.39 Å². The average Bonchev–Trinajstić information content (AvgIpc) is 2.92. The van der Waals surface area contributed by atoms with Crippen molar-refractivity contribution in [1.29, 1.82) is 0 Å². The summed E-state index contributed by atoms with van der Waals surface area (Å²) in [5, 5.41) is 0. The molecule has 0 saturated carbocycles. The topological polar surface area (TPSA) is 49.3 Å². The fraction of sp³-hybridized carbons (Fsp3) is 0.500. The lowest BCUT2D eigenvalue weighted by Gasteiger charge is -2.34. The van der Waals surface area contributed by atoms with Crippen LogP contribution in [-0.4, -0.2) is 51.4 Å². The number of rotatable bonds is 5. The number of amides is 1. The van der Waals surface area contributed by atoms with E-state index in [1.54, 1.807) is 12.4 Å². The summed E-state index contributed by atoms with van der Waals surface area (Å²) in [4.78, 5) is 25.9. The summed E-state index contributed by atoms with van der Waals surface area (Å²) in [5.41, 5.74) is 1.64. The molecule has 1 aliphatic rings. The molecule has 2 aromatic rings. The molecule has 1 atom stereocenters. The van der Waals surface area contributed by atoms with Gasteiger partial charge >= 0.3 is 0 Å². The molecule has 2 heterocycles. The van der Waals surface area contributed by atoms with Crippen LogP contribution in [0.1, 0.15) is 48.9 Å². The van der Waals surface area contributed by atoms with Gasteiger partial charge in [0.05, 0.1) is 5.56 Å². The number of aromatic nitrogens is 2. The van der Waals surface area contributed by atoms with E-state index in [2.05, 4.69) is 28.7 Å². The predicted molar refractivity (Wildman–Crippen MR) is 107 cm³/mol. The maximum absolute atomic E-state index is 13.2. The summed E-state index contributed by atoms with van der Waals surface area (Å²) in [7, 11) is 0. The van der Waals surface area contributed by atoms with Crippen molar-refractivity contribution in [3.8, 4) is 0 Å². The van der Waals surface area contributed by atoms with Gasteiger partial charge in [-0.1, -0.05) is 32.9 Å². The van der Waals surface area contributed by atoms with E-state index < -0.39 is 0 Å². The van der Waals surface area contributed by atoms with Crippen LogP contribution >= 0.6 is 0 Å². The van der Waals surface area contributed by atoms with Crippen molar-refractivity contribution >= 4 is 5.91 Å². The van der Waals surface area contributed by atoms with Crippen molar-refractivity contribution < 1.29 is 9.18 Å². The standard InChI is InChI=1S/C22H29FN4O/c1-4-21-24-12-18(13-25-21)22(28)27-11-5-10-26(20(15-27)16(2)3)14-17-6-8-19(23)9-7-17/h6-9,12-13,16,20H,4-5,10-11,14-15H2,1-3H3. The van der Waals surface area contributed by atoms with Gasteiger partial charge in [-0.25, -0.2) is 14.4 Å². The minimum Gasteiger partial charge on any atom is -0.337 e. The maximum Gasteiger partial charge on any atom is 0.257 e. The van der Waals surface area contributed by atoms with Gasteiger partial charge in [0.15, 0.2) is 0 Å². The van der Waals surface area contributed by atoms with Gasteiger partial charge in [0.1, 0.15) is 11.6 Å². The minimum absolute atomic E-state index is 0.00284. The number of benzene rings is 1. The molecule has 0 N–H and O–H groups in total. The SMILES string of the molecule is CCc1ncc(C(=O)N2CCCN(Cc3ccc(F)cc3)C(C(C)C)C2)cn1. The number of aryl methyl sites for hydroxylation is 1. The van der Waals surface area contributed by atoms with E-state index >= 15 is 0 Å². The van der Waals surface area contributed by atoms with E-state index in [1.807, 2.05) is 24.0 Å². The first-order valence-electron chi connectivity index (χ1n) is 10.1. The minimum atomic E-state index is -0.215. The van der Waals surface area contributed by atoms with Gasteiger partial charge < -0.3 is 4.90 Å². The van der Waals surface area contributed by atoms with Gasteiger partial charge in [0.25, 0.3) is 5.91 Å². The number of hydrogen-bond acceptors (Lipinski definition) is 4. The highest BCUT2D eigenvalue weighted by molar-refractivity contribution is 5.93. The second kappa shape index (κ2) is 9.24. The molecule has 3 rings (SSSR count). The van der Waals surface area contributed by atoms with Crippen molar-refractivity contribution in [1.82, 2.24) is 19.8 Å². The Hall–Kier alpha value is -2.34. The number of nitrogens with zero attached hydrogens (tertiary/aromatic N) is 4. The first kappa shape index (κ1) is 20.4. The monoisotopic (exact) mass is 384 g/mol. The Balaban J connectivity index is 1.74. The Morgan fingerprint density at radius 1 is 1.18 bits per heavy atom. The first-order chi connectivity index (χ1) is 13.5. The van der Waals surface area contributed by atoms with Crippen molar-refractivity contribution in [3.05, 3.63) is 59.4 Å². The highest BCUT2D eigenvalue weighted by Gasteiger charge is 2.30. The zero-order valence-electron chi connectivity index (χ0n) is 16.9. The van der Waals surface area contributed by atoms with E-state index in [9.17, 15) is 9.18 Å². The second-order valence-corrected chi connectivity index (χ2v) is 7.75. The molecule has 0 spiro atoms. The Kier molecular flexibility index (Phi) is 6.73. The summed E-state index contributed by atoms with van der Waals surface area (Å²) in [6.07, 6.45) is 4.94. The van der Waals surface area contributed by atoms with Crippen LogP contribution in [0.15, 0.2) is 36.7 Å². The van der Waals surface area contributed by atoms with Gasteiger partial charge in [-0.05, 0) is 30.0 Å². The summed E-state index contributed by atoms with van der Waals surface area (Å²) >= 11 is 0. The third-order valence-corrected chi connectivity index (χ3v) is 5.37. The largest absolute Gasteiger partial charge is 0.337 e. The summed E-state index contributed by atoms with van der Waals surface area (Å²) in [5.74, 6) is 0.926. The fourth-order valence-corrected chi connectivity index (χ4v) is 3.73. The van der Waals surface area contributed by atoms with Crippen LogP contribution in [0.5, 0.6) is 0 Å². The lowest BCUT2D eigenvalue weighted by Crippen LogP contribution is -2.45. The number of halogens is 1. The van der Waals surface area contributed by atoms with E-state index in [0.29, 0.717) is 18.0 Å². The maximum atomic E-state index is 13.2. The van der Waals surface area contributed by atoms with Gasteiger partial charge in [0, 0.05) is 51.0 Å². The molecule has 5 nitrogen and oxygen atoms in total. The van der Waals surface area contributed by atoms with Gasteiger partial charge in [-0.2, -0.15) is 0 Å². The molecule has 1 unspecified atom stereocenters. The highest BCUT2D eigenvalue weighted by Crippen LogP contribution is 2.21. The van der Waals surface area contributed by atoms with E-state index in [-0.39, 0.29) is 17.8 Å². The summed E-state index contributed by atoms with van der Waals surface area (Å²) < 4.78 is 13.2. The fourth-order valence-electron chi connectivity index (χ4n) is 3.73. The molecule has 1 fully saturated rings. The van der Waals surface area contributed by atoms with Crippen LogP contribution in [-0.2, 0) is 13.0 Å². The zero-order valence-corrected chi connectivity index (χ0v) is 16.9. The molecule has 1 aromatic heterocycles. The van der Waals surface area contributed by atoms with Crippen LogP contribution in [0.2, 0.25) is 0 Å². The Bertz CT molecular complexity index is 776. The third kappa shape index (κ3) is 4.93. The van der Waals surface area contributed by atoms with Gasteiger partial charge in [0.2, 0.25) is 0 Å². The molecule has 0 radical (unpaired) electrons. The molecule has 1 saturated heterocycles. The highest BCUT2D eigenvalue weighted by atomic mass is 19.1. The number of carbonyl (C=O) groups excluding carboxylic acids is 1. The molecule has 1 aliphatic heterocycles. The lowest BCUT2D eigenvalue weighted by molar-refractivity contribution is 0.0701. The van der Waals surface area contributed by atoms with Gasteiger partial charge in [-0.15, -0.1) is 0 Å². The zero-order chi connectivity index (χ0) is 20.1. The molecule has 0 bridgehead atoms. The molecule has 1 amide bonds. The van der Waals surface area contributed by atoms with Crippen molar-refractivity contribution in [2.45, 2.75) is 46.2 Å². The Morgan fingerprint density at radius 2 is 1.86 bits per heavy atom. The number of hydrogen-bond donors (Lipinski definition) is 0. The van der Waals surface area contributed by atoms with Crippen LogP contribution in [0.25, 0.3) is 0 Å². The molecule has 150 valence electrons. The Morgan fingerprint density at radius 3 is 2.46 bits per heavy atom. The Labute approximate surface area is 166 Å². The van der Waals surface area contributed by atoms with Crippen molar-refractivity contribution in [3.63, 3.8) is 0 Å². The predicted octanol–water partition coefficient (Wildman–Crippen LogP) is 3.55. The van der Waals surface area contributed by atoms with Gasteiger partial charge in [-0.3, -0.25) is 9.69 Å². The lowest BCUT2D eigenvalue weighted by atomic mass is 10.0. The normalized spacial score (nSPS) is 18.3. The smallest absolute Gasteiger partial charge is 0.257 e. The molecular formula is C22H29FN4O. The first-order valence-corrected chi connectivity index (χ1v) is 10.1. The third-order valence-electron chi connectivity index (χ3n) is 5.37. The molecule has 1 aromatic carbocycles. The molecule has 0 aliphatic carbocycles. The van der Waals surface area contributed by atoms with Crippen molar-refractivity contribution in [2.75, 3.05) is 19.6 Å². The van der Waals surface area contributed by atoms with Crippen molar-refractivity contribution in [2.24, 2.45) is 5.92 Å². The molecular weight excluding hydrogens is 355 g/mol. The summed E-state index contributed by atoms with van der Waals surface area (Å²) in [6.45, 7) is 9.44. The molecule has 6 heteroatoms. The quantitative estimate of drug-likeness (QED) is 0.791. The van der Waals surface area contributed by atoms with Crippen LogP contribution in [0, 0.1) is 11.7 Å². The second-order valence-electron chi connectivity index (χ2n) is 7.75. The van der Waals surface area contributed by atoms with Crippen LogP contribution in [0.3, 0.4) is 0 Å². The summed E-state index contributed by atoms with van der Waals surface area (Å²) in [6, 6.07) is 6.94. The molecule has 28 heavy (non-hydrogen) atoms.